The molecule has 0 bridgehead atoms. The summed E-state index contributed by atoms with van der Waals surface area (Å²) in [6.45, 7) is 4.30. The number of ether oxygens (including phenoxy) is 2. The van der Waals surface area contributed by atoms with Crippen LogP contribution in [0.15, 0.2) is 0 Å². The number of rotatable bonds is 8. The smallest absolute Gasteiger partial charge is 0.313 e. The first-order chi connectivity index (χ1) is 9.15. The molecule has 0 radical (unpaired) electrons. The lowest BCUT2D eigenvalue weighted by atomic mass is 10.1. The molecule has 0 saturated carbocycles. The summed E-state index contributed by atoms with van der Waals surface area (Å²) in [6.07, 6.45) is 1.73. The van der Waals surface area contributed by atoms with Crippen molar-refractivity contribution in [1.29, 1.82) is 0 Å². The van der Waals surface area contributed by atoms with Gasteiger partial charge in [-0.15, -0.1) is 0 Å². The summed E-state index contributed by atoms with van der Waals surface area (Å²) in [5.41, 5.74) is 0. The number of Topliss-reactive ketones (excluding diaryl/α,β-unsaturated/α-hetero) is 1. The lowest BCUT2D eigenvalue weighted by Gasteiger charge is -2.31. The quantitative estimate of drug-likeness (QED) is 0.495. The van der Waals surface area contributed by atoms with Gasteiger partial charge in [-0.25, -0.2) is 0 Å². The van der Waals surface area contributed by atoms with Crippen LogP contribution >= 0.6 is 0 Å². The van der Waals surface area contributed by atoms with Gasteiger partial charge in [0.1, 0.15) is 6.42 Å². The van der Waals surface area contributed by atoms with Gasteiger partial charge < -0.3 is 14.6 Å². The van der Waals surface area contributed by atoms with Gasteiger partial charge in [-0.2, -0.15) is 0 Å². The molecule has 0 amide bonds. The number of likely N-dealkylation sites (tertiary alicyclic amines) is 1. The largest absolute Gasteiger partial charge is 0.466 e. The number of hydrogen-bond acceptors (Lipinski definition) is 6. The van der Waals surface area contributed by atoms with Crippen molar-refractivity contribution in [2.75, 3.05) is 39.5 Å². The SMILES string of the molecule is CCOC(=O)CC(=O)CN1CCC(OCCO)CC1. The van der Waals surface area contributed by atoms with Crippen LogP contribution in [-0.4, -0.2) is 67.3 Å². The average Bonchev–Trinajstić information content (AvgIpc) is 2.38. The van der Waals surface area contributed by atoms with Crippen LogP contribution in [0, 0.1) is 0 Å². The predicted molar refractivity (Wildman–Crippen MR) is 68.8 cm³/mol. The lowest BCUT2D eigenvalue weighted by Crippen LogP contribution is -2.40. The molecule has 1 aliphatic rings. The molecule has 1 aliphatic heterocycles. The van der Waals surface area contributed by atoms with Crippen molar-refractivity contribution in [3.63, 3.8) is 0 Å². The summed E-state index contributed by atoms with van der Waals surface area (Å²) in [6, 6.07) is 0. The zero-order valence-electron chi connectivity index (χ0n) is 11.5. The van der Waals surface area contributed by atoms with Crippen LogP contribution in [-0.2, 0) is 19.1 Å². The monoisotopic (exact) mass is 273 g/mol. The minimum absolute atomic E-state index is 0.0399. The van der Waals surface area contributed by atoms with Crippen LogP contribution in [0.1, 0.15) is 26.2 Å². The normalized spacial score (nSPS) is 17.4. The summed E-state index contributed by atoms with van der Waals surface area (Å²) in [4.78, 5) is 24.8. The molecule has 110 valence electrons. The Morgan fingerprint density at radius 2 is 2.00 bits per heavy atom. The number of ketones is 1. The molecule has 19 heavy (non-hydrogen) atoms. The van der Waals surface area contributed by atoms with E-state index in [-0.39, 0.29) is 24.9 Å². The van der Waals surface area contributed by atoms with Crippen LogP contribution in [0.3, 0.4) is 0 Å². The summed E-state index contributed by atoms with van der Waals surface area (Å²) < 4.78 is 10.2. The molecule has 6 nitrogen and oxygen atoms in total. The molecule has 1 heterocycles. The first kappa shape index (κ1) is 16.1. The zero-order chi connectivity index (χ0) is 14.1. The van der Waals surface area contributed by atoms with Crippen molar-refractivity contribution >= 4 is 11.8 Å². The molecular formula is C13H23NO5. The second kappa shape index (κ2) is 9.01. The van der Waals surface area contributed by atoms with Crippen LogP contribution in [0.4, 0.5) is 0 Å². The van der Waals surface area contributed by atoms with Crippen molar-refractivity contribution in [3.8, 4) is 0 Å². The van der Waals surface area contributed by atoms with Crippen molar-refractivity contribution in [2.24, 2.45) is 0 Å². The molecule has 1 rings (SSSR count). The van der Waals surface area contributed by atoms with Gasteiger partial charge in [0.25, 0.3) is 0 Å². The van der Waals surface area contributed by atoms with E-state index in [1.165, 1.54) is 0 Å². The number of piperidine rings is 1. The molecule has 1 N–H and O–H groups in total. The summed E-state index contributed by atoms with van der Waals surface area (Å²) in [5, 5.41) is 8.67. The number of carbonyl (C=O) groups is 2. The number of hydrogen-bond donors (Lipinski definition) is 1. The molecule has 0 aromatic carbocycles. The van der Waals surface area contributed by atoms with Crippen molar-refractivity contribution in [2.45, 2.75) is 32.3 Å². The Hall–Kier alpha value is -0.980. The first-order valence-electron chi connectivity index (χ1n) is 6.77. The number of aliphatic hydroxyl groups is 1. The standard InChI is InChI=1S/C13H23NO5/c1-2-18-13(17)9-11(16)10-14-5-3-12(4-6-14)19-8-7-15/h12,15H,2-10H2,1H3. The van der Waals surface area contributed by atoms with Gasteiger partial charge in [0.2, 0.25) is 0 Å². The van der Waals surface area contributed by atoms with Gasteiger partial charge in [-0.1, -0.05) is 0 Å². The first-order valence-corrected chi connectivity index (χ1v) is 6.77. The van der Waals surface area contributed by atoms with E-state index < -0.39 is 5.97 Å². The highest BCUT2D eigenvalue weighted by Crippen LogP contribution is 2.13. The number of esters is 1. The van der Waals surface area contributed by atoms with Crippen molar-refractivity contribution in [1.82, 2.24) is 4.90 Å². The molecule has 0 spiro atoms. The number of carbonyl (C=O) groups excluding carboxylic acids is 2. The van der Waals surface area contributed by atoms with Gasteiger partial charge >= 0.3 is 5.97 Å². The fourth-order valence-electron chi connectivity index (χ4n) is 2.13. The third-order valence-corrected chi connectivity index (χ3v) is 3.03. The Labute approximate surface area is 113 Å². The maximum atomic E-state index is 11.6. The second-order valence-corrected chi connectivity index (χ2v) is 4.59. The van der Waals surface area contributed by atoms with Crippen molar-refractivity contribution < 1.29 is 24.2 Å². The highest BCUT2D eigenvalue weighted by Gasteiger charge is 2.22. The van der Waals surface area contributed by atoms with E-state index >= 15 is 0 Å². The Morgan fingerprint density at radius 3 is 2.58 bits per heavy atom. The fraction of sp³-hybridized carbons (Fsp3) is 0.846. The minimum Gasteiger partial charge on any atom is -0.466 e. The third-order valence-electron chi connectivity index (χ3n) is 3.03. The van der Waals surface area contributed by atoms with Crippen LogP contribution in [0.25, 0.3) is 0 Å². The van der Waals surface area contributed by atoms with Gasteiger partial charge in [0, 0.05) is 13.1 Å². The Balaban J connectivity index is 2.18. The Bertz CT molecular complexity index is 287. The summed E-state index contributed by atoms with van der Waals surface area (Å²) in [5.74, 6) is -0.554. The molecule has 0 unspecified atom stereocenters. The van der Waals surface area contributed by atoms with Crippen LogP contribution in [0.2, 0.25) is 0 Å². The van der Waals surface area contributed by atoms with E-state index in [1.807, 2.05) is 4.90 Å². The molecular weight excluding hydrogens is 250 g/mol. The highest BCUT2D eigenvalue weighted by atomic mass is 16.5. The molecule has 0 atom stereocenters. The van der Waals surface area contributed by atoms with E-state index in [1.54, 1.807) is 6.92 Å². The van der Waals surface area contributed by atoms with Gasteiger partial charge in [-0.3, -0.25) is 14.5 Å². The molecule has 1 fully saturated rings. The van der Waals surface area contributed by atoms with E-state index in [9.17, 15) is 9.59 Å². The maximum absolute atomic E-state index is 11.6. The van der Waals surface area contributed by atoms with Crippen molar-refractivity contribution in [3.05, 3.63) is 0 Å². The van der Waals surface area contributed by atoms with Crippen LogP contribution < -0.4 is 0 Å². The number of aliphatic hydroxyl groups excluding tert-OH is 1. The molecule has 1 saturated heterocycles. The predicted octanol–water partition coefficient (Wildman–Crippen LogP) is -0.0180. The Kier molecular flexibility index (Phi) is 7.62. The van der Waals surface area contributed by atoms with Gasteiger partial charge in [0.15, 0.2) is 5.78 Å². The molecule has 0 aliphatic carbocycles. The molecule has 0 aromatic heterocycles. The minimum atomic E-state index is -0.450. The topological polar surface area (TPSA) is 76.1 Å². The Morgan fingerprint density at radius 1 is 1.32 bits per heavy atom. The van der Waals surface area contributed by atoms with Crippen LogP contribution in [0.5, 0.6) is 0 Å². The van der Waals surface area contributed by atoms with E-state index in [0.29, 0.717) is 19.8 Å². The molecule has 6 heteroatoms. The lowest BCUT2D eigenvalue weighted by molar-refractivity contribution is -0.145. The summed E-state index contributed by atoms with van der Waals surface area (Å²) >= 11 is 0. The second-order valence-electron chi connectivity index (χ2n) is 4.59. The zero-order valence-corrected chi connectivity index (χ0v) is 11.5. The molecule has 0 aromatic rings. The third kappa shape index (κ3) is 6.66. The van der Waals surface area contributed by atoms with Gasteiger partial charge in [0.05, 0.1) is 32.5 Å². The summed E-state index contributed by atoms with van der Waals surface area (Å²) in [7, 11) is 0. The highest BCUT2D eigenvalue weighted by molar-refractivity contribution is 5.96. The maximum Gasteiger partial charge on any atom is 0.313 e. The van der Waals surface area contributed by atoms with E-state index in [4.69, 9.17) is 14.6 Å². The number of nitrogens with zero attached hydrogens (tertiary/aromatic N) is 1. The average molecular weight is 273 g/mol. The van der Waals surface area contributed by atoms with E-state index in [2.05, 4.69) is 0 Å². The van der Waals surface area contributed by atoms with E-state index in [0.717, 1.165) is 25.9 Å². The fourth-order valence-corrected chi connectivity index (χ4v) is 2.13. The van der Waals surface area contributed by atoms with Gasteiger partial charge in [-0.05, 0) is 19.8 Å².